The zero-order valence-corrected chi connectivity index (χ0v) is 7.25. The Balaban J connectivity index is 2.40. The summed E-state index contributed by atoms with van der Waals surface area (Å²) in [4.78, 5) is 0. The van der Waals surface area contributed by atoms with Crippen LogP contribution in [0.4, 0.5) is 5.69 Å². The highest BCUT2D eigenvalue weighted by Gasteiger charge is 1.99. The van der Waals surface area contributed by atoms with Crippen molar-refractivity contribution in [3.05, 3.63) is 30.3 Å². The highest BCUT2D eigenvalue weighted by molar-refractivity contribution is 6.22. The lowest BCUT2D eigenvalue weighted by atomic mass is 10.3. The molecule has 62 valence electrons. The smallest absolute Gasteiger partial charge is 0.137 e. The monoisotopic (exact) mass is 180 g/mol. The van der Waals surface area contributed by atoms with Crippen molar-refractivity contribution in [3.63, 3.8) is 0 Å². The van der Waals surface area contributed by atoms with Crippen LogP contribution < -0.4 is 5.32 Å². The summed E-state index contributed by atoms with van der Waals surface area (Å²) in [6, 6.07) is 11.6. The van der Waals surface area contributed by atoms with Gasteiger partial charge in [0.15, 0.2) is 0 Å². The molecule has 1 aromatic rings. The molecule has 1 N–H and O–H groups in total. The average molecular weight is 181 g/mol. The lowest BCUT2D eigenvalue weighted by Crippen LogP contribution is -2.11. The van der Waals surface area contributed by atoms with Crippen molar-refractivity contribution < 1.29 is 0 Å². The SMILES string of the molecule is N#C[C@H](Cl)CNc1ccccc1. The van der Waals surface area contributed by atoms with E-state index in [0.717, 1.165) is 5.69 Å². The van der Waals surface area contributed by atoms with E-state index in [2.05, 4.69) is 5.32 Å². The normalized spacial score (nSPS) is 11.7. The van der Waals surface area contributed by atoms with E-state index in [1.165, 1.54) is 0 Å². The van der Waals surface area contributed by atoms with Crippen molar-refractivity contribution in [1.82, 2.24) is 0 Å². The molecule has 3 heteroatoms. The minimum atomic E-state index is -0.467. The number of nitrogens with zero attached hydrogens (tertiary/aromatic N) is 1. The molecule has 0 spiro atoms. The quantitative estimate of drug-likeness (QED) is 0.725. The van der Waals surface area contributed by atoms with E-state index in [0.29, 0.717) is 6.54 Å². The number of alkyl halides is 1. The predicted molar refractivity (Wildman–Crippen MR) is 50.2 cm³/mol. The number of nitriles is 1. The number of hydrogen-bond acceptors (Lipinski definition) is 2. The molecule has 1 atom stereocenters. The number of anilines is 1. The number of nitrogens with one attached hydrogen (secondary N) is 1. The van der Waals surface area contributed by atoms with Gasteiger partial charge in [0.1, 0.15) is 5.38 Å². The highest BCUT2D eigenvalue weighted by atomic mass is 35.5. The average Bonchev–Trinajstić information content (AvgIpc) is 2.16. The number of hydrogen-bond donors (Lipinski definition) is 1. The zero-order chi connectivity index (χ0) is 8.81. The van der Waals surface area contributed by atoms with Gasteiger partial charge in [-0.1, -0.05) is 18.2 Å². The van der Waals surface area contributed by atoms with Crippen LogP contribution in [0.1, 0.15) is 0 Å². The number of rotatable bonds is 3. The minimum Gasteiger partial charge on any atom is -0.382 e. The molecule has 0 heterocycles. The first-order valence-electron chi connectivity index (χ1n) is 3.65. The molecular weight excluding hydrogens is 172 g/mol. The van der Waals surface area contributed by atoms with E-state index in [1.54, 1.807) is 0 Å². The molecular formula is C9H9ClN2. The first-order valence-corrected chi connectivity index (χ1v) is 4.09. The zero-order valence-electron chi connectivity index (χ0n) is 6.50. The fourth-order valence-corrected chi connectivity index (χ4v) is 0.886. The van der Waals surface area contributed by atoms with Crippen LogP contribution in [0.15, 0.2) is 30.3 Å². The summed E-state index contributed by atoms with van der Waals surface area (Å²) in [7, 11) is 0. The molecule has 0 saturated carbocycles. The molecule has 0 radical (unpaired) electrons. The van der Waals surface area contributed by atoms with Crippen LogP contribution in [0.25, 0.3) is 0 Å². The van der Waals surface area contributed by atoms with Crippen molar-refractivity contribution in [1.29, 1.82) is 5.26 Å². The van der Waals surface area contributed by atoms with Crippen LogP contribution in [-0.4, -0.2) is 11.9 Å². The Kier molecular flexibility index (Phi) is 3.43. The molecule has 12 heavy (non-hydrogen) atoms. The summed E-state index contributed by atoms with van der Waals surface area (Å²) in [5.41, 5.74) is 0.985. The lowest BCUT2D eigenvalue weighted by Gasteiger charge is -2.04. The fourth-order valence-electron chi connectivity index (χ4n) is 0.809. The van der Waals surface area contributed by atoms with Crippen molar-refractivity contribution in [3.8, 4) is 6.07 Å². The second kappa shape index (κ2) is 4.63. The standard InChI is InChI=1S/C9H9ClN2/c10-8(6-11)7-12-9-4-2-1-3-5-9/h1-5,8,12H,7H2/t8-/m0/s1. The molecule has 0 fully saturated rings. The fraction of sp³-hybridized carbons (Fsp3) is 0.222. The van der Waals surface area contributed by atoms with Gasteiger partial charge in [0.25, 0.3) is 0 Å². The Morgan fingerprint density at radius 3 is 2.67 bits per heavy atom. The van der Waals surface area contributed by atoms with E-state index >= 15 is 0 Å². The molecule has 0 aromatic heterocycles. The Labute approximate surface area is 76.8 Å². The van der Waals surface area contributed by atoms with E-state index in [1.807, 2.05) is 36.4 Å². The number of para-hydroxylation sites is 1. The van der Waals surface area contributed by atoms with Crippen LogP contribution in [0.5, 0.6) is 0 Å². The third-order valence-electron chi connectivity index (χ3n) is 1.40. The summed E-state index contributed by atoms with van der Waals surface area (Å²) in [6.07, 6.45) is 0. The molecule has 0 aliphatic carbocycles. The second-order valence-electron chi connectivity index (χ2n) is 2.34. The van der Waals surface area contributed by atoms with Gasteiger partial charge in [0.05, 0.1) is 6.07 Å². The molecule has 0 aliphatic heterocycles. The van der Waals surface area contributed by atoms with Gasteiger partial charge in [-0.2, -0.15) is 5.26 Å². The van der Waals surface area contributed by atoms with Crippen LogP contribution in [0.2, 0.25) is 0 Å². The van der Waals surface area contributed by atoms with Crippen molar-refractivity contribution in [2.45, 2.75) is 5.38 Å². The minimum absolute atomic E-state index is 0.467. The second-order valence-corrected chi connectivity index (χ2v) is 2.87. The van der Waals surface area contributed by atoms with Gasteiger partial charge < -0.3 is 5.32 Å². The van der Waals surface area contributed by atoms with Crippen LogP contribution in [0, 0.1) is 11.3 Å². The van der Waals surface area contributed by atoms with Gasteiger partial charge >= 0.3 is 0 Å². The molecule has 0 aliphatic rings. The third-order valence-corrected chi connectivity index (χ3v) is 1.65. The first kappa shape index (κ1) is 8.89. The van der Waals surface area contributed by atoms with Crippen molar-refractivity contribution in [2.24, 2.45) is 0 Å². The molecule has 2 nitrogen and oxygen atoms in total. The molecule has 1 aromatic carbocycles. The molecule has 1 rings (SSSR count). The summed E-state index contributed by atoms with van der Waals surface area (Å²) in [5.74, 6) is 0. The first-order chi connectivity index (χ1) is 5.83. The maximum absolute atomic E-state index is 8.39. The summed E-state index contributed by atoms with van der Waals surface area (Å²) >= 11 is 5.59. The number of halogens is 1. The molecule has 0 amide bonds. The lowest BCUT2D eigenvalue weighted by molar-refractivity contribution is 1.08. The van der Waals surface area contributed by atoms with E-state index in [4.69, 9.17) is 16.9 Å². The maximum Gasteiger partial charge on any atom is 0.137 e. The Hall–Kier alpha value is -1.20. The summed E-state index contributed by atoms with van der Waals surface area (Å²) in [6.45, 7) is 0.474. The Morgan fingerprint density at radius 1 is 1.42 bits per heavy atom. The van der Waals surface area contributed by atoms with Gasteiger partial charge in [-0.15, -0.1) is 11.6 Å². The van der Waals surface area contributed by atoms with Crippen LogP contribution in [0.3, 0.4) is 0 Å². The molecule has 0 unspecified atom stereocenters. The van der Waals surface area contributed by atoms with Gasteiger partial charge in [0.2, 0.25) is 0 Å². The summed E-state index contributed by atoms with van der Waals surface area (Å²) in [5, 5.41) is 11.0. The topological polar surface area (TPSA) is 35.8 Å². The van der Waals surface area contributed by atoms with E-state index < -0.39 is 5.38 Å². The number of benzene rings is 1. The van der Waals surface area contributed by atoms with Crippen LogP contribution >= 0.6 is 11.6 Å². The third kappa shape index (κ3) is 2.81. The highest BCUT2D eigenvalue weighted by Crippen LogP contribution is 2.05. The summed E-state index contributed by atoms with van der Waals surface area (Å²) < 4.78 is 0. The molecule has 0 saturated heterocycles. The Morgan fingerprint density at radius 2 is 2.08 bits per heavy atom. The Bertz CT molecular complexity index is 266. The predicted octanol–water partition coefficient (Wildman–Crippen LogP) is 2.23. The molecule has 0 bridgehead atoms. The van der Waals surface area contributed by atoms with Crippen molar-refractivity contribution >= 4 is 17.3 Å². The van der Waals surface area contributed by atoms with Crippen LogP contribution in [-0.2, 0) is 0 Å². The van der Waals surface area contributed by atoms with Crippen molar-refractivity contribution in [2.75, 3.05) is 11.9 Å². The van der Waals surface area contributed by atoms with Gasteiger partial charge in [-0.3, -0.25) is 0 Å². The maximum atomic E-state index is 8.39. The van der Waals surface area contributed by atoms with Gasteiger partial charge in [-0.05, 0) is 12.1 Å². The largest absolute Gasteiger partial charge is 0.382 e. The van der Waals surface area contributed by atoms with E-state index in [-0.39, 0.29) is 0 Å². The van der Waals surface area contributed by atoms with Gasteiger partial charge in [0, 0.05) is 12.2 Å². The van der Waals surface area contributed by atoms with Gasteiger partial charge in [-0.25, -0.2) is 0 Å². The van der Waals surface area contributed by atoms with E-state index in [9.17, 15) is 0 Å².